The number of halogens is 1. The Hall–Kier alpha value is -3.78. The van der Waals surface area contributed by atoms with Crippen molar-refractivity contribution in [1.29, 1.82) is 0 Å². The molecule has 8 heteroatoms. The van der Waals surface area contributed by atoms with Gasteiger partial charge in [-0.3, -0.25) is 4.79 Å². The molecule has 35 heavy (non-hydrogen) atoms. The summed E-state index contributed by atoms with van der Waals surface area (Å²) < 4.78 is 21.0. The maximum absolute atomic E-state index is 15.0. The van der Waals surface area contributed by atoms with Gasteiger partial charge in [0.25, 0.3) is 5.56 Å². The lowest BCUT2D eigenvalue weighted by Gasteiger charge is -2.34. The average Bonchev–Trinajstić information content (AvgIpc) is 2.85. The highest BCUT2D eigenvalue weighted by atomic mass is 19.1. The number of aromatic nitrogens is 3. The lowest BCUT2D eigenvalue weighted by atomic mass is 9.89. The minimum Gasteiger partial charge on any atom is -0.385 e. The number of nitrogens with one attached hydrogen (secondary N) is 3. The van der Waals surface area contributed by atoms with Crippen LogP contribution in [0.25, 0.3) is 22.2 Å². The number of pyridine rings is 3. The van der Waals surface area contributed by atoms with Crippen molar-refractivity contribution in [3.63, 3.8) is 0 Å². The summed E-state index contributed by atoms with van der Waals surface area (Å²) in [5.41, 5.74) is 2.83. The van der Waals surface area contributed by atoms with Crippen LogP contribution in [0, 0.1) is 5.82 Å². The summed E-state index contributed by atoms with van der Waals surface area (Å²) in [6, 6.07) is 12.2. The van der Waals surface area contributed by atoms with Crippen LogP contribution in [0.2, 0.25) is 0 Å². The minimum absolute atomic E-state index is 0.285. The van der Waals surface area contributed by atoms with Crippen molar-refractivity contribution in [3.05, 3.63) is 76.6 Å². The number of rotatable bonds is 6. The summed E-state index contributed by atoms with van der Waals surface area (Å²) in [4.78, 5) is 24.5. The number of anilines is 3. The molecule has 5 rings (SSSR count). The number of benzene rings is 1. The third-order valence-corrected chi connectivity index (χ3v) is 6.46. The lowest BCUT2D eigenvalue weighted by Crippen LogP contribution is -2.30. The third-order valence-electron chi connectivity index (χ3n) is 6.46. The summed E-state index contributed by atoms with van der Waals surface area (Å²) in [5.74, 6) is 0.173. The zero-order valence-corrected chi connectivity index (χ0v) is 19.8. The van der Waals surface area contributed by atoms with Gasteiger partial charge in [-0.1, -0.05) is 6.07 Å². The van der Waals surface area contributed by atoms with Gasteiger partial charge in [-0.05, 0) is 69.5 Å². The van der Waals surface area contributed by atoms with E-state index in [1.54, 1.807) is 24.4 Å². The smallest absolute Gasteiger partial charge is 0.259 e. The molecule has 1 fully saturated rings. The first-order chi connectivity index (χ1) is 17.0. The zero-order chi connectivity index (χ0) is 24.4. The molecule has 1 aromatic carbocycles. The lowest BCUT2D eigenvalue weighted by molar-refractivity contribution is -0.0703. The topological polar surface area (TPSA) is 91.9 Å². The number of nitrogens with zero attached hydrogens (tertiary/aromatic N) is 2. The Balaban J connectivity index is 1.53. The molecule has 1 unspecified atom stereocenters. The molecular weight excluding hydrogens is 445 g/mol. The molecule has 1 saturated heterocycles. The maximum Gasteiger partial charge on any atom is 0.259 e. The molecule has 0 radical (unpaired) electrons. The molecule has 0 aliphatic carbocycles. The standard InChI is InChI=1S/C27H28FN5O2/c1-3-29-18-7-8-19(20(28)14-18)22-15-23(25-21(32-22)10-12-30-26(25)34)33-24-9-6-17(16-31-24)27(2)11-4-5-13-35-27/h6-10,12,14-16,29H,3-5,11,13H2,1-2H3,(H,30,34)(H,31,32,33). The monoisotopic (exact) mass is 473 g/mol. The molecule has 180 valence electrons. The molecule has 4 heterocycles. The van der Waals surface area contributed by atoms with Gasteiger partial charge in [0, 0.05) is 42.4 Å². The van der Waals surface area contributed by atoms with Gasteiger partial charge in [0.2, 0.25) is 0 Å². The van der Waals surface area contributed by atoms with E-state index in [1.165, 1.54) is 12.3 Å². The highest BCUT2D eigenvalue weighted by Crippen LogP contribution is 2.35. The van der Waals surface area contributed by atoms with Crippen molar-refractivity contribution >= 4 is 28.1 Å². The SMILES string of the molecule is CCNc1ccc(-c2cc(Nc3ccc(C4(C)CCCCO4)cn3)c3c(=O)[nH]ccc3n2)c(F)c1. The molecule has 0 bridgehead atoms. The van der Waals surface area contributed by atoms with Gasteiger partial charge >= 0.3 is 0 Å². The van der Waals surface area contributed by atoms with Crippen LogP contribution in [0.3, 0.4) is 0 Å². The van der Waals surface area contributed by atoms with Gasteiger partial charge in [0.05, 0.1) is 27.9 Å². The Morgan fingerprint density at radius 1 is 1.17 bits per heavy atom. The number of hydrogen-bond donors (Lipinski definition) is 3. The van der Waals surface area contributed by atoms with E-state index < -0.39 is 5.82 Å². The number of H-pyrrole nitrogens is 1. The first-order valence-electron chi connectivity index (χ1n) is 11.9. The van der Waals surface area contributed by atoms with Crippen LogP contribution >= 0.6 is 0 Å². The largest absolute Gasteiger partial charge is 0.385 e. The molecule has 4 aromatic rings. The van der Waals surface area contributed by atoms with Crippen molar-refractivity contribution < 1.29 is 9.13 Å². The van der Waals surface area contributed by atoms with Gasteiger partial charge in [-0.25, -0.2) is 14.4 Å². The zero-order valence-electron chi connectivity index (χ0n) is 19.8. The van der Waals surface area contributed by atoms with Crippen LogP contribution in [-0.2, 0) is 10.3 Å². The fourth-order valence-corrected chi connectivity index (χ4v) is 4.55. The summed E-state index contributed by atoms with van der Waals surface area (Å²) in [7, 11) is 0. The first kappa shape index (κ1) is 23.0. The van der Waals surface area contributed by atoms with Crippen molar-refractivity contribution in [2.75, 3.05) is 23.8 Å². The maximum atomic E-state index is 15.0. The van der Waals surface area contributed by atoms with Crippen LogP contribution in [0.5, 0.6) is 0 Å². The molecule has 7 nitrogen and oxygen atoms in total. The number of fused-ring (bicyclic) bond motifs is 1. The second kappa shape index (κ2) is 9.46. The minimum atomic E-state index is -0.394. The Kier molecular flexibility index (Phi) is 6.21. The molecule has 0 amide bonds. The van der Waals surface area contributed by atoms with Crippen molar-refractivity contribution in [3.8, 4) is 11.3 Å². The average molecular weight is 474 g/mol. The second-order valence-electron chi connectivity index (χ2n) is 8.94. The van der Waals surface area contributed by atoms with E-state index >= 15 is 0 Å². The number of aromatic amines is 1. The molecule has 0 saturated carbocycles. The summed E-state index contributed by atoms with van der Waals surface area (Å²) in [6.45, 7) is 5.49. The quantitative estimate of drug-likeness (QED) is 0.332. The van der Waals surface area contributed by atoms with E-state index in [-0.39, 0.29) is 11.2 Å². The Labute approximate surface area is 202 Å². The van der Waals surface area contributed by atoms with Crippen LogP contribution < -0.4 is 16.2 Å². The van der Waals surface area contributed by atoms with Gasteiger partial charge < -0.3 is 20.4 Å². The third kappa shape index (κ3) is 4.61. The van der Waals surface area contributed by atoms with Crippen molar-refractivity contribution in [2.24, 2.45) is 0 Å². The predicted molar refractivity (Wildman–Crippen MR) is 137 cm³/mol. The van der Waals surface area contributed by atoms with E-state index in [0.29, 0.717) is 45.9 Å². The normalized spacial score (nSPS) is 17.9. The fourth-order valence-electron chi connectivity index (χ4n) is 4.55. The van der Waals surface area contributed by atoms with E-state index in [0.717, 1.165) is 31.4 Å². The Bertz CT molecular complexity index is 1410. The Morgan fingerprint density at radius 2 is 2.06 bits per heavy atom. The van der Waals surface area contributed by atoms with Crippen LogP contribution in [0.4, 0.5) is 21.6 Å². The van der Waals surface area contributed by atoms with Crippen LogP contribution in [0.1, 0.15) is 38.7 Å². The molecule has 1 atom stereocenters. The molecule has 3 N–H and O–H groups in total. The molecule has 1 aliphatic rings. The predicted octanol–water partition coefficient (Wildman–Crippen LogP) is 5.72. The van der Waals surface area contributed by atoms with E-state index in [4.69, 9.17) is 4.74 Å². The van der Waals surface area contributed by atoms with E-state index in [9.17, 15) is 9.18 Å². The summed E-state index contributed by atoms with van der Waals surface area (Å²) in [6.07, 6.45) is 6.49. The Morgan fingerprint density at radius 3 is 2.77 bits per heavy atom. The fraction of sp³-hybridized carbons (Fsp3) is 0.296. The van der Waals surface area contributed by atoms with Crippen LogP contribution in [0.15, 0.2) is 59.7 Å². The first-order valence-corrected chi connectivity index (χ1v) is 11.9. The number of hydrogen-bond acceptors (Lipinski definition) is 6. The van der Waals surface area contributed by atoms with Crippen molar-refractivity contribution in [2.45, 2.75) is 38.7 Å². The van der Waals surface area contributed by atoms with Gasteiger partial charge in [0.1, 0.15) is 11.6 Å². The molecule has 0 spiro atoms. The molecule has 1 aliphatic heterocycles. The van der Waals surface area contributed by atoms with Gasteiger partial charge in [0.15, 0.2) is 0 Å². The van der Waals surface area contributed by atoms with Gasteiger partial charge in [-0.15, -0.1) is 0 Å². The second-order valence-corrected chi connectivity index (χ2v) is 8.94. The highest BCUT2D eigenvalue weighted by Gasteiger charge is 2.30. The highest BCUT2D eigenvalue weighted by molar-refractivity contribution is 5.94. The summed E-state index contributed by atoms with van der Waals surface area (Å²) in [5, 5.41) is 6.73. The van der Waals surface area contributed by atoms with Gasteiger partial charge in [-0.2, -0.15) is 0 Å². The van der Waals surface area contributed by atoms with Crippen molar-refractivity contribution in [1.82, 2.24) is 15.0 Å². The van der Waals surface area contributed by atoms with Crippen LogP contribution in [-0.4, -0.2) is 28.1 Å². The molecule has 3 aromatic heterocycles. The van der Waals surface area contributed by atoms with E-state index in [1.807, 2.05) is 25.1 Å². The van der Waals surface area contributed by atoms with E-state index in [2.05, 4.69) is 32.5 Å². The number of ether oxygens (including phenoxy) is 1. The summed E-state index contributed by atoms with van der Waals surface area (Å²) >= 11 is 0. The molecular formula is C27H28FN5O2.